The Hall–Kier alpha value is -4.66. The lowest BCUT2D eigenvalue weighted by Crippen LogP contribution is -2.28. The molecule has 216 valence electrons. The number of rotatable bonds is 7. The molecule has 1 saturated carbocycles. The highest BCUT2D eigenvalue weighted by molar-refractivity contribution is 6.03. The van der Waals surface area contributed by atoms with Gasteiger partial charge >= 0.3 is 6.18 Å². The number of alkyl halides is 3. The number of amides is 1. The number of carbonyl (C=O) groups excluding carboxylic acids is 1. The minimum absolute atomic E-state index is 0.123. The summed E-state index contributed by atoms with van der Waals surface area (Å²) in [6, 6.07) is 22.3. The van der Waals surface area contributed by atoms with Gasteiger partial charge in [-0.3, -0.25) is 4.79 Å². The van der Waals surface area contributed by atoms with E-state index in [0.29, 0.717) is 17.2 Å². The lowest BCUT2D eigenvalue weighted by atomic mass is 9.93. The molecule has 0 spiro atoms. The van der Waals surface area contributed by atoms with Gasteiger partial charge in [-0.25, -0.2) is 4.68 Å². The second-order valence-electron chi connectivity index (χ2n) is 10.2. The largest absolute Gasteiger partial charge is 0.435 e. The highest BCUT2D eigenvalue weighted by atomic mass is 19.4. The van der Waals surface area contributed by atoms with Crippen molar-refractivity contribution >= 4 is 17.3 Å². The van der Waals surface area contributed by atoms with E-state index >= 15 is 0 Å². The van der Waals surface area contributed by atoms with E-state index < -0.39 is 23.9 Å². The first-order valence-corrected chi connectivity index (χ1v) is 13.4. The molecule has 1 aliphatic carbocycles. The van der Waals surface area contributed by atoms with E-state index in [1.807, 2.05) is 18.2 Å². The maximum atomic E-state index is 13.5. The Morgan fingerprint density at radius 2 is 1.67 bits per heavy atom. The summed E-state index contributed by atoms with van der Waals surface area (Å²) < 4.78 is 41.3. The molecular formula is C31H28F3N5O3. The van der Waals surface area contributed by atoms with Crippen molar-refractivity contribution in [2.45, 2.75) is 50.1 Å². The van der Waals surface area contributed by atoms with Crippen LogP contribution in [0, 0.1) is 11.3 Å². The van der Waals surface area contributed by atoms with E-state index in [1.165, 1.54) is 24.3 Å². The van der Waals surface area contributed by atoms with Crippen molar-refractivity contribution in [2.75, 3.05) is 10.6 Å². The summed E-state index contributed by atoms with van der Waals surface area (Å²) >= 11 is 0. The zero-order valence-electron chi connectivity index (χ0n) is 22.3. The van der Waals surface area contributed by atoms with Gasteiger partial charge in [-0.05, 0) is 79.3 Å². The average Bonchev–Trinajstić information content (AvgIpc) is 3.45. The Morgan fingerprint density at radius 1 is 0.952 bits per heavy atom. The van der Waals surface area contributed by atoms with Gasteiger partial charge in [-0.15, -0.1) is 0 Å². The van der Waals surface area contributed by atoms with Crippen LogP contribution in [0.25, 0.3) is 5.69 Å². The van der Waals surface area contributed by atoms with Crippen LogP contribution in [-0.4, -0.2) is 38.0 Å². The molecule has 8 nitrogen and oxygen atoms in total. The fourth-order valence-corrected chi connectivity index (χ4v) is 4.98. The Labute approximate surface area is 240 Å². The zero-order valence-corrected chi connectivity index (χ0v) is 22.3. The minimum atomic E-state index is -4.79. The molecule has 1 fully saturated rings. The number of carbonyl (C=O) groups is 1. The minimum Gasteiger partial charge on any atom is -0.393 e. The van der Waals surface area contributed by atoms with Crippen molar-refractivity contribution in [3.63, 3.8) is 0 Å². The number of nitriles is 1. The molecule has 5 rings (SSSR count). The van der Waals surface area contributed by atoms with E-state index in [2.05, 4.69) is 15.7 Å². The monoisotopic (exact) mass is 575 g/mol. The first-order chi connectivity index (χ1) is 20.1. The van der Waals surface area contributed by atoms with Gasteiger partial charge in [0, 0.05) is 23.5 Å². The average molecular weight is 576 g/mol. The topological polar surface area (TPSA) is 123 Å². The first kappa shape index (κ1) is 28.9. The molecule has 11 heteroatoms. The summed E-state index contributed by atoms with van der Waals surface area (Å²) in [5, 5.41) is 39.5. The molecule has 1 heterocycles. The summed E-state index contributed by atoms with van der Waals surface area (Å²) in [7, 11) is 0. The first-order valence-electron chi connectivity index (χ1n) is 13.4. The number of anilines is 2. The number of nitrogens with zero attached hydrogens (tertiary/aromatic N) is 3. The summed E-state index contributed by atoms with van der Waals surface area (Å²) in [5.41, 5.74) is 0.955. The van der Waals surface area contributed by atoms with Gasteiger partial charge in [-0.1, -0.05) is 30.3 Å². The summed E-state index contributed by atoms with van der Waals surface area (Å²) in [4.78, 5) is 13.2. The number of nitrogens with one attached hydrogen (secondary N) is 2. The van der Waals surface area contributed by atoms with Gasteiger partial charge < -0.3 is 20.8 Å². The van der Waals surface area contributed by atoms with Gasteiger partial charge in [-0.2, -0.15) is 23.5 Å². The highest BCUT2D eigenvalue weighted by Crippen LogP contribution is 2.31. The number of aliphatic hydroxyl groups excluding tert-OH is 2. The molecule has 1 unspecified atom stereocenters. The maximum Gasteiger partial charge on any atom is 0.435 e. The Bertz CT molecular complexity index is 1600. The predicted molar refractivity (Wildman–Crippen MR) is 150 cm³/mol. The molecule has 4 aromatic rings. The predicted octanol–water partition coefficient (Wildman–Crippen LogP) is 5.81. The third kappa shape index (κ3) is 6.62. The van der Waals surface area contributed by atoms with Crippen LogP contribution in [0.5, 0.6) is 0 Å². The van der Waals surface area contributed by atoms with E-state index in [9.17, 15) is 33.4 Å². The maximum absolute atomic E-state index is 13.5. The van der Waals surface area contributed by atoms with E-state index in [4.69, 9.17) is 0 Å². The van der Waals surface area contributed by atoms with Crippen LogP contribution in [0.3, 0.4) is 0 Å². The fraction of sp³-hybridized carbons (Fsp3) is 0.258. The van der Waals surface area contributed by atoms with Crippen LogP contribution in [0.2, 0.25) is 0 Å². The molecule has 0 bridgehead atoms. The quantitative estimate of drug-likeness (QED) is 0.221. The van der Waals surface area contributed by atoms with Crippen LogP contribution < -0.4 is 10.6 Å². The van der Waals surface area contributed by atoms with Crippen molar-refractivity contribution < 1.29 is 28.2 Å². The van der Waals surface area contributed by atoms with Gasteiger partial charge in [0.15, 0.2) is 5.69 Å². The van der Waals surface area contributed by atoms with Gasteiger partial charge in [0.05, 0.1) is 23.4 Å². The molecule has 42 heavy (non-hydrogen) atoms. The number of aromatic nitrogens is 2. The van der Waals surface area contributed by atoms with Crippen molar-refractivity contribution in [3.8, 4) is 11.8 Å². The van der Waals surface area contributed by atoms with Crippen LogP contribution in [-0.2, 0) is 6.18 Å². The van der Waals surface area contributed by atoms with Crippen molar-refractivity contribution in [3.05, 3.63) is 107 Å². The standard InChI is InChI=1S/C31H28F3N5O3/c32-31(33,34)28-17-27(39(38-28)25-6-1-3-19(15-25)18-35)30(42)37-24-5-2-4-21(16-24)29(41)20-7-9-22(10-8-20)36-23-11-13-26(40)14-12-23/h1-10,15-17,23,26,29,36,40-41H,11-14H2,(H,37,42)/t23-,26-,29?. The summed E-state index contributed by atoms with van der Waals surface area (Å²) in [5.74, 6) is -0.849. The smallest absolute Gasteiger partial charge is 0.393 e. The van der Waals surface area contributed by atoms with Gasteiger partial charge in [0.2, 0.25) is 0 Å². The lowest BCUT2D eigenvalue weighted by molar-refractivity contribution is -0.141. The number of aliphatic hydroxyl groups is 2. The molecule has 1 amide bonds. The van der Waals surface area contributed by atoms with Gasteiger partial charge in [0.1, 0.15) is 11.8 Å². The van der Waals surface area contributed by atoms with Crippen LogP contribution in [0.4, 0.5) is 24.5 Å². The molecule has 1 aliphatic rings. The molecule has 0 radical (unpaired) electrons. The van der Waals surface area contributed by atoms with Crippen LogP contribution in [0.15, 0.2) is 78.9 Å². The number of halogens is 3. The fourth-order valence-electron chi connectivity index (χ4n) is 4.98. The number of hydrogen-bond acceptors (Lipinski definition) is 6. The lowest BCUT2D eigenvalue weighted by Gasteiger charge is -2.27. The Kier molecular flexibility index (Phi) is 8.29. The number of hydrogen-bond donors (Lipinski definition) is 4. The molecule has 4 N–H and O–H groups in total. The molecule has 3 aromatic carbocycles. The Balaban J connectivity index is 1.33. The van der Waals surface area contributed by atoms with Crippen molar-refractivity contribution in [1.29, 1.82) is 5.26 Å². The molecule has 0 aliphatic heterocycles. The second kappa shape index (κ2) is 12.1. The van der Waals surface area contributed by atoms with Gasteiger partial charge in [0.25, 0.3) is 5.91 Å². The second-order valence-corrected chi connectivity index (χ2v) is 10.2. The third-order valence-electron chi connectivity index (χ3n) is 7.21. The SMILES string of the molecule is N#Cc1cccc(-n2nc(C(F)(F)F)cc2C(=O)Nc2cccc(C(O)c3ccc(N[C@H]4CC[C@H](O)CC4)cc3)c2)c1. The van der Waals surface area contributed by atoms with Crippen molar-refractivity contribution in [2.24, 2.45) is 0 Å². The highest BCUT2D eigenvalue weighted by Gasteiger charge is 2.36. The number of benzene rings is 3. The summed E-state index contributed by atoms with van der Waals surface area (Å²) in [6.45, 7) is 0. The zero-order chi connectivity index (χ0) is 29.9. The Morgan fingerprint density at radius 3 is 2.36 bits per heavy atom. The molecule has 1 atom stereocenters. The summed E-state index contributed by atoms with van der Waals surface area (Å²) in [6.07, 6.45) is -2.74. The van der Waals surface area contributed by atoms with E-state index in [0.717, 1.165) is 36.1 Å². The van der Waals surface area contributed by atoms with Crippen molar-refractivity contribution in [1.82, 2.24) is 9.78 Å². The van der Waals surface area contributed by atoms with E-state index in [-0.39, 0.29) is 34.8 Å². The molecular weight excluding hydrogens is 547 g/mol. The molecule has 0 saturated heterocycles. The van der Waals surface area contributed by atoms with Crippen LogP contribution >= 0.6 is 0 Å². The normalized spacial score (nSPS) is 17.7. The molecule has 1 aromatic heterocycles. The van der Waals surface area contributed by atoms with Crippen LogP contribution in [0.1, 0.15) is 64.7 Å². The van der Waals surface area contributed by atoms with E-state index in [1.54, 1.807) is 36.4 Å². The third-order valence-corrected chi connectivity index (χ3v) is 7.21.